The maximum atomic E-state index is 9.16. The molecule has 0 aliphatic heterocycles. The molecule has 0 atom stereocenters. The molecule has 2 aromatic carbocycles. The molecule has 1 aliphatic rings. The van der Waals surface area contributed by atoms with Crippen LogP contribution in [0.25, 0.3) is 33.3 Å². The van der Waals surface area contributed by atoms with Gasteiger partial charge in [0, 0.05) is 28.3 Å². The highest BCUT2D eigenvalue weighted by Gasteiger charge is 2.20. The van der Waals surface area contributed by atoms with E-state index in [9.17, 15) is 0 Å². The molecule has 0 radical (unpaired) electrons. The van der Waals surface area contributed by atoms with Crippen molar-refractivity contribution in [2.45, 2.75) is 12.8 Å². The molecule has 5 rings (SSSR count). The summed E-state index contributed by atoms with van der Waals surface area (Å²) < 4.78 is 0. The quantitative estimate of drug-likeness (QED) is 0.411. The average Bonchev–Trinajstić information content (AvgIpc) is 3.16. The van der Waals surface area contributed by atoms with Gasteiger partial charge in [0.25, 0.3) is 0 Å². The summed E-state index contributed by atoms with van der Waals surface area (Å²) in [5.74, 6) is 0.464. The highest BCUT2D eigenvalue weighted by Crippen LogP contribution is 2.34. The number of hydrogen-bond donors (Lipinski definition) is 2. The molecule has 0 fully saturated rings. The SMILES string of the molecule is Nc1ncnc2ccc(-c3cccnc3-c3ccc4c(c3)CCC4=NO)cc12. The number of aryl methyl sites for hydroxylation is 1. The Bertz CT molecular complexity index is 1250. The van der Waals surface area contributed by atoms with E-state index in [1.54, 1.807) is 6.20 Å². The summed E-state index contributed by atoms with van der Waals surface area (Å²) in [5.41, 5.74) is 13.7. The number of nitrogens with two attached hydrogens (primary N) is 1. The second kappa shape index (κ2) is 6.42. The number of anilines is 1. The van der Waals surface area contributed by atoms with Gasteiger partial charge in [-0.25, -0.2) is 9.97 Å². The summed E-state index contributed by atoms with van der Waals surface area (Å²) in [6.07, 6.45) is 4.90. The summed E-state index contributed by atoms with van der Waals surface area (Å²) in [7, 11) is 0. The van der Waals surface area contributed by atoms with Crippen LogP contribution in [0, 0.1) is 0 Å². The highest BCUT2D eigenvalue weighted by molar-refractivity contribution is 6.04. The monoisotopic (exact) mass is 367 g/mol. The number of oxime groups is 1. The van der Waals surface area contributed by atoms with Crippen molar-refractivity contribution in [3.05, 3.63) is 72.2 Å². The first-order valence-corrected chi connectivity index (χ1v) is 9.05. The molecule has 0 saturated heterocycles. The Morgan fingerprint density at radius 2 is 1.79 bits per heavy atom. The summed E-state index contributed by atoms with van der Waals surface area (Å²) in [6, 6.07) is 16.1. The Morgan fingerprint density at radius 3 is 2.68 bits per heavy atom. The third kappa shape index (κ3) is 2.58. The molecule has 0 amide bonds. The van der Waals surface area contributed by atoms with E-state index in [0.717, 1.165) is 57.4 Å². The first-order valence-electron chi connectivity index (χ1n) is 9.05. The smallest absolute Gasteiger partial charge is 0.134 e. The number of pyridine rings is 1. The molecule has 0 unspecified atom stereocenters. The predicted octanol–water partition coefficient (Wildman–Crippen LogP) is 4.07. The maximum absolute atomic E-state index is 9.16. The fourth-order valence-electron chi connectivity index (χ4n) is 3.83. The van der Waals surface area contributed by atoms with Crippen LogP contribution in [0.3, 0.4) is 0 Å². The van der Waals surface area contributed by atoms with E-state index in [2.05, 4.69) is 32.2 Å². The zero-order valence-electron chi connectivity index (χ0n) is 15.0. The van der Waals surface area contributed by atoms with Crippen LogP contribution in [0.4, 0.5) is 5.82 Å². The summed E-state index contributed by atoms with van der Waals surface area (Å²) >= 11 is 0. The number of benzene rings is 2. The molecule has 6 heteroatoms. The van der Waals surface area contributed by atoms with E-state index in [4.69, 9.17) is 10.9 Å². The van der Waals surface area contributed by atoms with Gasteiger partial charge in [-0.2, -0.15) is 0 Å². The minimum atomic E-state index is 0.464. The lowest BCUT2D eigenvalue weighted by Crippen LogP contribution is -1.96. The normalized spacial score (nSPS) is 14.5. The topological polar surface area (TPSA) is 97.3 Å². The number of fused-ring (bicyclic) bond motifs is 2. The molecule has 136 valence electrons. The molecule has 1 aliphatic carbocycles. The predicted molar refractivity (Wildman–Crippen MR) is 109 cm³/mol. The molecule has 2 heterocycles. The van der Waals surface area contributed by atoms with Crippen molar-refractivity contribution in [3.63, 3.8) is 0 Å². The van der Waals surface area contributed by atoms with Gasteiger partial charge in [0.2, 0.25) is 0 Å². The lowest BCUT2D eigenvalue weighted by atomic mass is 9.96. The summed E-state index contributed by atoms with van der Waals surface area (Å²) in [5, 5.41) is 13.4. The van der Waals surface area contributed by atoms with E-state index in [-0.39, 0.29) is 0 Å². The number of nitrogen functional groups attached to an aromatic ring is 1. The van der Waals surface area contributed by atoms with Crippen LogP contribution < -0.4 is 5.73 Å². The van der Waals surface area contributed by atoms with Crippen LogP contribution in [0.2, 0.25) is 0 Å². The van der Waals surface area contributed by atoms with Crippen molar-refractivity contribution < 1.29 is 5.21 Å². The number of hydrogen-bond acceptors (Lipinski definition) is 6. The minimum Gasteiger partial charge on any atom is -0.411 e. The second-order valence-corrected chi connectivity index (χ2v) is 6.81. The van der Waals surface area contributed by atoms with Gasteiger partial charge < -0.3 is 10.9 Å². The van der Waals surface area contributed by atoms with Crippen LogP contribution in [-0.4, -0.2) is 25.9 Å². The Morgan fingerprint density at radius 1 is 0.893 bits per heavy atom. The standard InChI is InChI=1S/C22H17N5O/c23-22-18-11-14(4-7-19(18)25-12-26-22)17-2-1-9-24-21(17)15-3-6-16-13(10-15)5-8-20(16)27-28/h1-4,6-7,9-12,28H,5,8H2,(H2,23,25,26). The minimum absolute atomic E-state index is 0.464. The van der Waals surface area contributed by atoms with Crippen molar-refractivity contribution >= 4 is 22.4 Å². The molecular formula is C22H17N5O. The molecule has 2 aromatic heterocycles. The van der Waals surface area contributed by atoms with Crippen LogP contribution in [0.15, 0.2) is 66.2 Å². The molecule has 0 bridgehead atoms. The molecule has 0 spiro atoms. The Hall–Kier alpha value is -3.80. The third-order valence-corrected chi connectivity index (χ3v) is 5.23. The zero-order valence-corrected chi connectivity index (χ0v) is 15.0. The highest BCUT2D eigenvalue weighted by atomic mass is 16.4. The van der Waals surface area contributed by atoms with E-state index in [1.807, 2.05) is 36.4 Å². The van der Waals surface area contributed by atoms with Crippen molar-refractivity contribution in [2.24, 2.45) is 5.16 Å². The lowest BCUT2D eigenvalue weighted by molar-refractivity contribution is 0.318. The fourth-order valence-corrected chi connectivity index (χ4v) is 3.83. The molecule has 4 aromatic rings. The van der Waals surface area contributed by atoms with E-state index >= 15 is 0 Å². The summed E-state index contributed by atoms with van der Waals surface area (Å²) in [4.78, 5) is 13.0. The molecule has 3 N–H and O–H groups in total. The Labute approximate surface area is 161 Å². The van der Waals surface area contributed by atoms with Crippen LogP contribution >= 0.6 is 0 Å². The van der Waals surface area contributed by atoms with Gasteiger partial charge in [-0.05, 0) is 48.2 Å². The van der Waals surface area contributed by atoms with Gasteiger partial charge in [-0.15, -0.1) is 0 Å². The third-order valence-electron chi connectivity index (χ3n) is 5.23. The van der Waals surface area contributed by atoms with Gasteiger partial charge >= 0.3 is 0 Å². The Kier molecular flexibility index (Phi) is 3.76. The van der Waals surface area contributed by atoms with Gasteiger partial charge in [0.1, 0.15) is 12.1 Å². The van der Waals surface area contributed by atoms with Crippen molar-refractivity contribution in [3.8, 4) is 22.4 Å². The van der Waals surface area contributed by atoms with E-state index in [0.29, 0.717) is 5.82 Å². The average molecular weight is 367 g/mol. The maximum Gasteiger partial charge on any atom is 0.134 e. The van der Waals surface area contributed by atoms with Gasteiger partial charge in [-0.3, -0.25) is 4.98 Å². The molecule has 28 heavy (non-hydrogen) atoms. The van der Waals surface area contributed by atoms with Crippen molar-refractivity contribution in [1.82, 2.24) is 15.0 Å². The molecular weight excluding hydrogens is 350 g/mol. The van der Waals surface area contributed by atoms with Gasteiger partial charge in [-0.1, -0.05) is 29.4 Å². The van der Waals surface area contributed by atoms with Crippen LogP contribution in [0.5, 0.6) is 0 Å². The first-order chi connectivity index (χ1) is 13.7. The second-order valence-electron chi connectivity index (χ2n) is 6.81. The fraction of sp³-hybridized carbons (Fsp3) is 0.0909. The summed E-state index contributed by atoms with van der Waals surface area (Å²) in [6.45, 7) is 0. The number of aromatic nitrogens is 3. The van der Waals surface area contributed by atoms with Crippen LogP contribution in [0.1, 0.15) is 17.5 Å². The first kappa shape index (κ1) is 16.4. The van der Waals surface area contributed by atoms with Gasteiger partial charge in [0.05, 0.1) is 16.9 Å². The molecule has 0 saturated carbocycles. The number of rotatable bonds is 2. The van der Waals surface area contributed by atoms with E-state index < -0.39 is 0 Å². The Balaban J connectivity index is 1.66. The van der Waals surface area contributed by atoms with E-state index in [1.165, 1.54) is 11.9 Å². The van der Waals surface area contributed by atoms with Gasteiger partial charge in [0.15, 0.2) is 0 Å². The number of nitrogens with zero attached hydrogens (tertiary/aromatic N) is 4. The van der Waals surface area contributed by atoms with Crippen molar-refractivity contribution in [1.29, 1.82) is 0 Å². The zero-order chi connectivity index (χ0) is 19.1. The van der Waals surface area contributed by atoms with Crippen molar-refractivity contribution in [2.75, 3.05) is 5.73 Å². The van der Waals surface area contributed by atoms with Crippen LogP contribution in [-0.2, 0) is 6.42 Å². The molecule has 6 nitrogen and oxygen atoms in total. The lowest BCUT2D eigenvalue weighted by Gasteiger charge is -2.11. The largest absolute Gasteiger partial charge is 0.411 e.